The highest BCUT2D eigenvalue weighted by atomic mass is 19.1. The third-order valence-electron chi connectivity index (χ3n) is 1.89. The molecule has 1 aromatic rings. The highest BCUT2D eigenvalue weighted by Crippen LogP contribution is 2.07. The summed E-state index contributed by atoms with van der Waals surface area (Å²) in [7, 11) is 0. The largest absolute Gasteiger partial charge is 0.389 e. The van der Waals surface area contributed by atoms with Gasteiger partial charge < -0.3 is 5.11 Å². The van der Waals surface area contributed by atoms with Gasteiger partial charge in [0.1, 0.15) is 12.4 Å². The summed E-state index contributed by atoms with van der Waals surface area (Å²) in [5.41, 5.74) is 0.641. The van der Waals surface area contributed by atoms with E-state index >= 15 is 0 Å². The number of benzene rings is 1. The van der Waals surface area contributed by atoms with Crippen molar-refractivity contribution in [1.82, 2.24) is 0 Å². The molecule has 0 spiro atoms. The second-order valence-corrected chi connectivity index (χ2v) is 2.95. The molecular weight excluding hydrogens is 189 g/mol. The Kier molecular flexibility index (Phi) is 3.53. The van der Waals surface area contributed by atoms with Gasteiger partial charge in [0.2, 0.25) is 6.04 Å². The van der Waals surface area contributed by atoms with Crippen molar-refractivity contribution in [3.63, 3.8) is 0 Å². The molecule has 0 bridgehead atoms. The van der Waals surface area contributed by atoms with Crippen LogP contribution in [0, 0.1) is 15.9 Å². The van der Waals surface area contributed by atoms with Crippen molar-refractivity contribution in [2.75, 3.05) is 6.61 Å². The molecule has 1 atom stereocenters. The van der Waals surface area contributed by atoms with E-state index in [0.717, 1.165) is 0 Å². The molecule has 0 aliphatic rings. The van der Waals surface area contributed by atoms with E-state index in [2.05, 4.69) is 0 Å². The van der Waals surface area contributed by atoms with Crippen LogP contribution in [0.5, 0.6) is 0 Å². The van der Waals surface area contributed by atoms with Crippen molar-refractivity contribution < 1.29 is 14.4 Å². The lowest BCUT2D eigenvalue weighted by Gasteiger charge is -2.05. The van der Waals surface area contributed by atoms with Gasteiger partial charge in [-0.25, -0.2) is 4.39 Å². The Bertz CT molecular complexity index is 312. The monoisotopic (exact) mass is 199 g/mol. The quantitative estimate of drug-likeness (QED) is 0.581. The molecule has 4 nitrogen and oxygen atoms in total. The number of nitrogens with zero attached hydrogens (tertiary/aromatic N) is 1. The molecule has 0 aromatic heterocycles. The molecule has 0 fully saturated rings. The van der Waals surface area contributed by atoms with Crippen LogP contribution < -0.4 is 0 Å². The van der Waals surface area contributed by atoms with E-state index in [-0.39, 0.29) is 12.2 Å². The maximum atomic E-state index is 12.5. The SMILES string of the molecule is O=[N+]([O-])C(CO)Cc1ccc(F)cc1. The Labute approximate surface area is 80.1 Å². The number of aliphatic hydroxyl groups excluding tert-OH is 1. The Morgan fingerprint density at radius 1 is 1.43 bits per heavy atom. The van der Waals surface area contributed by atoms with Crippen LogP contribution in [0.25, 0.3) is 0 Å². The van der Waals surface area contributed by atoms with Crippen LogP contribution in [0.1, 0.15) is 5.56 Å². The number of hydrogen-bond donors (Lipinski definition) is 1. The van der Waals surface area contributed by atoms with Gasteiger partial charge in [0.25, 0.3) is 0 Å². The second kappa shape index (κ2) is 4.66. The van der Waals surface area contributed by atoms with E-state index in [1.807, 2.05) is 0 Å². The molecular formula is C9H10FNO3. The Balaban J connectivity index is 2.67. The molecule has 0 amide bonds. The molecule has 1 unspecified atom stereocenters. The summed E-state index contributed by atoms with van der Waals surface area (Å²) < 4.78 is 12.5. The van der Waals surface area contributed by atoms with Crippen LogP contribution in [-0.4, -0.2) is 22.7 Å². The normalized spacial score (nSPS) is 12.4. The van der Waals surface area contributed by atoms with E-state index in [0.29, 0.717) is 5.56 Å². The third kappa shape index (κ3) is 2.77. The predicted octanol–water partition coefficient (Wildman–Crippen LogP) is 1.01. The zero-order chi connectivity index (χ0) is 10.6. The second-order valence-electron chi connectivity index (χ2n) is 2.95. The highest BCUT2D eigenvalue weighted by molar-refractivity contribution is 5.16. The van der Waals surface area contributed by atoms with Crippen LogP contribution >= 0.6 is 0 Å². The van der Waals surface area contributed by atoms with E-state index in [4.69, 9.17) is 5.11 Å². The molecule has 1 N–H and O–H groups in total. The van der Waals surface area contributed by atoms with Crippen LogP contribution in [0.15, 0.2) is 24.3 Å². The number of aliphatic hydroxyl groups is 1. The average Bonchev–Trinajstić information content (AvgIpc) is 2.16. The standard InChI is InChI=1S/C9H10FNO3/c10-8-3-1-7(2-4-8)5-9(6-12)11(13)14/h1-4,9,12H,5-6H2. The van der Waals surface area contributed by atoms with Gasteiger partial charge in [-0.1, -0.05) is 12.1 Å². The fraction of sp³-hybridized carbons (Fsp3) is 0.333. The minimum Gasteiger partial charge on any atom is -0.389 e. The summed E-state index contributed by atoms with van der Waals surface area (Å²) in [5, 5.41) is 19.1. The first-order valence-electron chi connectivity index (χ1n) is 4.12. The van der Waals surface area contributed by atoms with Crippen molar-refractivity contribution >= 4 is 0 Å². The van der Waals surface area contributed by atoms with Crippen LogP contribution in [-0.2, 0) is 6.42 Å². The van der Waals surface area contributed by atoms with E-state index < -0.39 is 17.6 Å². The molecule has 0 aliphatic carbocycles. The number of nitro groups is 1. The average molecular weight is 199 g/mol. The lowest BCUT2D eigenvalue weighted by molar-refractivity contribution is -0.525. The Morgan fingerprint density at radius 3 is 2.43 bits per heavy atom. The summed E-state index contributed by atoms with van der Waals surface area (Å²) in [6.45, 7) is -0.510. The maximum absolute atomic E-state index is 12.5. The Morgan fingerprint density at radius 2 is 2.00 bits per heavy atom. The number of halogens is 1. The number of hydrogen-bond acceptors (Lipinski definition) is 3. The van der Waals surface area contributed by atoms with Gasteiger partial charge in [0, 0.05) is 11.3 Å². The fourth-order valence-corrected chi connectivity index (χ4v) is 1.10. The molecule has 0 saturated carbocycles. The molecule has 76 valence electrons. The molecule has 0 heterocycles. The Hall–Kier alpha value is -1.49. The minimum atomic E-state index is -1.01. The molecule has 5 heteroatoms. The predicted molar refractivity (Wildman–Crippen MR) is 48.0 cm³/mol. The third-order valence-corrected chi connectivity index (χ3v) is 1.89. The molecule has 1 rings (SSSR count). The van der Waals surface area contributed by atoms with Crippen molar-refractivity contribution in [2.45, 2.75) is 12.5 Å². The van der Waals surface area contributed by atoms with Gasteiger partial charge in [-0.05, 0) is 17.7 Å². The van der Waals surface area contributed by atoms with Gasteiger partial charge in [-0.15, -0.1) is 0 Å². The van der Waals surface area contributed by atoms with Crippen LogP contribution in [0.4, 0.5) is 4.39 Å². The van der Waals surface area contributed by atoms with Crippen molar-refractivity contribution in [2.24, 2.45) is 0 Å². The molecule has 0 saturated heterocycles. The van der Waals surface area contributed by atoms with E-state index in [1.165, 1.54) is 24.3 Å². The molecule has 0 aliphatic heterocycles. The van der Waals surface area contributed by atoms with Gasteiger partial charge in [-0.2, -0.15) is 0 Å². The lowest BCUT2D eigenvalue weighted by Crippen LogP contribution is -2.26. The van der Waals surface area contributed by atoms with Gasteiger partial charge in [0.05, 0.1) is 0 Å². The highest BCUT2D eigenvalue weighted by Gasteiger charge is 2.18. The first-order chi connectivity index (χ1) is 6.63. The fourth-order valence-electron chi connectivity index (χ4n) is 1.10. The zero-order valence-corrected chi connectivity index (χ0v) is 7.39. The molecule has 0 radical (unpaired) electrons. The minimum absolute atomic E-state index is 0.115. The molecule has 14 heavy (non-hydrogen) atoms. The van der Waals surface area contributed by atoms with Gasteiger partial charge in [0.15, 0.2) is 0 Å². The van der Waals surface area contributed by atoms with Crippen molar-refractivity contribution in [3.05, 3.63) is 45.8 Å². The first-order valence-corrected chi connectivity index (χ1v) is 4.12. The topological polar surface area (TPSA) is 63.4 Å². The zero-order valence-electron chi connectivity index (χ0n) is 7.39. The van der Waals surface area contributed by atoms with E-state index in [9.17, 15) is 14.5 Å². The first kappa shape index (κ1) is 10.6. The van der Waals surface area contributed by atoms with Crippen LogP contribution in [0.2, 0.25) is 0 Å². The lowest BCUT2D eigenvalue weighted by atomic mass is 10.1. The summed E-state index contributed by atoms with van der Waals surface area (Å²) >= 11 is 0. The summed E-state index contributed by atoms with van der Waals surface area (Å²) in [6.07, 6.45) is 0.115. The molecule has 1 aromatic carbocycles. The summed E-state index contributed by atoms with van der Waals surface area (Å²) in [4.78, 5) is 9.83. The van der Waals surface area contributed by atoms with Crippen LogP contribution in [0.3, 0.4) is 0 Å². The summed E-state index contributed by atoms with van der Waals surface area (Å²) in [6, 6.07) is 4.41. The maximum Gasteiger partial charge on any atom is 0.239 e. The van der Waals surface area contributed by atoms with Gasteiger partial charge >= 0.3 is 0 Å². The van der Waals surface area contributed by atoms with E-state index in [1.54, 1.807) is 0 Å². The number of rotatable bonds is 4. The van der Waals surface area contributed by atoms with Crippen molar-refractivity contribution in [1.29, 1.82) is 0 Å². The summed E-state index contributed by atoms with van der Waals surface area (Å²) in [5.74, 6) is -0.379. The van der Waals surface area contributed by atoms with Gasteiger partial charge in [-0.3, -0.25) is 10.1 Å². The smallest absolute Gasteiger partial charge is 0.239 e. The van der Waals surface area contributed by atoms with Crippen molar-refractivity contribution in [3.8, 4) is 0 Å².